The fourth-order valence-electron chi connectivity index (χ4n) is 2.77. The largest absolute Gasteiger partial charge is 0.426 e. The predicted molar refractivity (Wildman–Crippen MR) is 85.3 cm³/mol. The van der Waals surface area contributed by atoms with Crippen molar-refractivity contribution in [2.24, 2.45) is 0 Å². The summed E-state index contributed by atoms with van der Waals surface area (Å²) in [5.41, 5.74) is -0.871. The van der Waals surface area contributed by atoms with Crippen LogP contribution in [0.15, 0.2) is 31.0 Å². The normalized spacial score (nSPS) is 14.5. The Hall–Kier alpha value is -1.93. The molecule has 1 aliphatic rings. The highest BCUT2D eigenvalue weighted by molar-refractivity contribution is 7.90. The summed E-state index contributed by atoms with van der Waals surface area (Å²) in [6, 6.07) is 1.64. The zero-order valence-electron chi connectivity index (χ0n) is 12.6. The molecule has 0 radical (unpaired) electrons. The van der Waals surface area contributed by atoms with Gasteiger partial charge in [-0.15, -0.1) is 0 Å². The lowest BCUT2D eigenvalue weighted by Crippen LogP contribution is -2.36. The van der Waals surface area contributed by atoms with E-state index in [1.165, 1.54) is 0 Å². The van der Waals surface area contributed by atoms with Gasteiger partial charge in [0, 0.05) is 12.7 Å². The van der Waals surface area contributed by atoms with E-state index in [4.69, 9.17) is 16.0 Å². The van der Waals surface area contributed by atoms with Crippen LogP contribution in [0.5, 0.6) is 0 Å². The zero-order valence-corrected chi connectivity index (χ0v) is 14.2. The molecule has 0 saturated carbocycles. The van der Waals surface area contributed by atoms with E-state index in [0.29, 0.717) is 28.7 Å². The fraction of sp³-hybridized carbons (Fsp3) is 0.333. The smallest absolute Gasteiger partial charge is 0.414 e. The van der Waals surface area contributed by atoms with Crippen molar-refractivity contribution in [3.63, 3.8) is 0 Å². The summed E-state index contributed by atoms with van der Waals surface area (Å²) >= 11 is 5.76. The minimum atomic E-state index is -3.77. The minimum Gasteiger partial charge on any atom is -0.414 e. The van der Waals surface area contributed by atoms with Gasteiger partial charge >= 0.3 is 5.76 Å². The first-order chi connectivity index (χ1) is 11.2. The SMILES string of the molecule is CS(=O)(=O)c1cc(-n2c(=O)oc3c(c2=O)CCCC3)c(F)cc1Cl. The molecular formula is C15H13ClFNO5S. The van der Waals surface area contributed by atoms with Gasteiger partial charge in [0.15, 0.2) is 9.84 Å². The van der Waals surface area contributed by atoms with Crippen LogP contribution in [-0.2, 0) is 22.7 Å². The molecule has 0 N–H and O–H groups in total. The summed E-state index contributed by atoms with van der Waals surface area (Å²) in [6.07, 6.45) is 3.35. The molecule has 0 unspecified atom stereocenters. The number of hydrogen-bond acceptors (Lipinski definition) is 5. The summed E-state index contributed by atoms with van der Waals surface area (Å²) in [5.74, 6) is -1.73. The molecule has 6 nitrogen and oxygen atoms in total. The van der Waals surface area contributed by atoms with Gasteiger partial charge in [-0.2, -0.15) is 0 Å². The molecule has 1 aliphatic carbocycles. The van der Waals surface area contributed by atoms with Crippen molar-refractivity contribution in [2.45, 2.75) is 30.6 Å². The molecule has 0 fully saturated rings. The van der Waals surface area contributed by atoms with Gasteiger partial charge in [0.25, 0.3) is 5.56 Å². The molecule has 1 aromatic heterocycles. The van der Waals surface area contributed by atoms with Gasteiger partial charge in [0.1, 0.15) is 11.6 Å². The third-order valence-corrected chi connectivity index (χ3v) is 5.47. The number of aryl methyl sites for hydroxylation is 1. The first-order valence-electron chi connectivity index (χ1n) is 7.17. The Morgan fingerprint density at radius 1 is 1.21 bits per heavy atom. The van der Waals surface area contributed by atoms with Crippen molar-refractivity contribution < 1.29 is 17.2 Å². The van der Waals surface area contributed by atoms with Crippen molar-refractivity contribution in [1.82, 2.24) is 4.57 Å². The lowest BCUT2D eigenvalue weighted by molar-refractivity contribution is 0.386. The second-order valence-electron chi connectivity index (χ2n) is 5.62. The molecule has 0 atom stereocenters. The summed E-state index contributed by atoms with van der Waals surface area (Å²) < 4.78 is 43.4. The quantitative estimate of drug-likeness (QED) is 0.750. The third kappa shape index (κ3) is 2.80. The second kappa shape index (κ2) is 5.86. The number of sulfone groups is 1. The molecule has 0 aliphatic heterocycles. The molecule has 24 heavy (non-hydrogen) atoms. The van der Waals surface area contributed by atoms with Crippen LogP contribution in [0.2, 0.25) is 5.02 Å². The van der Waals surface area contributed by atoms with Crippen LogP contribution in [0.1, 0.15) is 24.2 Å². The van der Waals surface area contributed by atoms with Gasteiger partial charge in [-0.3, -0.25) is 4.79 Å². The number of benzene rings is 1. The molecule has 9 heteroatoms. The van der Waals surface area contributed by atoms with Crippen LogP contribution in [0.25, 0.3) is 5.69 Å². The summed E-state index contributed by atoms with van der Waals surface area (Å²) in [7, 11) is -3.77. The zero-order chi connectivity index (χ0) is 17.6. The van der Waals surface area contributed by atoms with Crippen molar-refractivity contribution in [3.05, 3.63) is 55.2 Å². The molecule has 1 heterocycles. The minimum absolute atomic E-state index is 0.310. The molecule has 0 spiro atoms. The van der Waals surface area contributed by atoms with Gasteiger partial charge in [0.2, 0.25) is 0 Å². The van der Waals surface area contributed by atoms with Crippen LogP contribution in [0.4, 0.5) is 4.39 Å². The number of halogens is 2. The highest BCUT2D eigenvalue weighted by atomic mass is 35.5. The van der Waals surface area contributed by atoms with Gasteiger partial charge in [-0.05, 0) is 31.4 Å². The maximum Gasteiger partial charge on any atom is 0.426 e. The van der Waals surface area contributed by atoms with Gasteiger partial charge < -0.3 is 4.42 Å². The molecule has 0 amide bonds. The number of hydrogen-bond donors (Lipinski definition) is 0. The summed E-state index contributed by atoms with van der Waals surface area (Å²) in [4.78, 5) is 24.4. The molecule has 0 saturated heterocycles. The predicted octanol–water partition coefficient (Wildman–Crippen LogP) is 1.87. The average Bonchev–Trinajstić information content (AvgIpc) is 2.48. The Morgan fingerprint density at radius 3 is 2.54 bits per heavy atom. The van der Waals surface area contributed by atoms with Gasteiger partial charge in [-0.25, -0.2) is 22.2 Å². The van der Waals surface area contributed by atoms with Crippen molar-refractivity contribution >= 4 is 21.4 Å². The molecule has 1 aromatic carbocycles. The van der Waals surface area contributed by atoms with E-state index in [-0.39, 0.29) is 9.92 Å². The van der Waals surface area contributed by atoms with Crippen LogP contribution < -0.4 is 11.3 Å². The van der Waals surface area contributed by atoms with E-state index in [9.17, 15) is 22.4 Å². The molecule has 0 bridgehead atoms. The van der Waals surface area contributed by atoms with Crippen molar-refractivity contribution in [2.75, 3.05) is 6.26 Å². The van der Waals surface area contributed by atoms with E-state index in [2.05, 4.69) is 0 Å². The third-order valence-electron chi connectivity index (χ3n) is 3.91. The lowest BCUT2D eigenvalue weighted by atomic mass is 9.98. The fourth-order valence-corrected chi connectivity index (χ4v) is 4.08. The van der Waals surface area contributed by atoms with Crippen molar-refractivity contribution in [3.8, 4) is 5.69 Å². The van der Waals surface area contributed by atoms with E-state index < -0.39 is 32.7 Å². The Bertz CT molecular complexity index is 1050. The Labute approximate surface area is 141 Å². The van der Waals surface area contributed by atoms with Crippen molar-refractivity contribution in [1.29, 1.82) is 0 Å². The molecule has 2 aromatic rings. The first-order valence-corrected chi connectivity index (χ1v) is 9.44. The Balaban J connectivity index is 2.35. The van der Waals surface area contributed by atoms with E-state index in [0.717, 1.165) is 31.2 Å². The van der Waals surface area contributed by atoms with E-state index in [1.54, 1.807) is 0 Å². The Kier molecular flexibility index (Phi) is 4.13. The number of aromatic nitrogens is 1. The Morgan fingerprint density at radius 2 is 1.88 bits per heavy atom. The lowest BCUT2D eigenvalue weighted by Gasteiger charge is -2.15. The van der Waals surface area contributed by atoms with Crippen LogP contribution in [0, 0.1) is 5.82 Å². The monoisotopic (exact) mass is 373 g/mol. The van der Waals surface area contributed by atoms with Crippen LogP contribution in [0.3, 0.4) is 0 Å². The van der Waals surface area contributed by atoms with E-state index in [1.807, 2.05) is 0 Å². The average molecular weight is 374 g/mol. The van der Waals surface area contributed by atoms with E-state index >= 15 is 0 Å². The second-order valence-corrected chi connectivity index (χ2v) is 8.01. The number of rotatable bonds is 2. The van der Waals surface area contributed by atoms with Gasteiger partial charge in [-0.1, -0.05) is 11.6 Å². The maximum absolute atomic E-state index is 14.3. The summed E-state index contributed by atoms with van der Waals surface area (Å²) in [6.45, 7) is 0. The van der Waals surface area contributed by atoms with Crippen LogP contribution >= 0.6 is 11.6 Å². The highest BCUT2D eigenvalue weighted by Crippen LogP contribution is 2.26. The maximum atomic E-state index is 14.3. The standard InChI is InChI=1S/C15H13ClFNO5S/c1-24(21,22)13-7-11(10(17)6-9(13)16)18-14(19)8-4-2-3-5-12(8)23-15(18)20/h6-7H,2-5H2,1H3. The number of fused-ring (bicyclic) bond motifs is 1. The highest BCUT2D eigenvalue weighted by Gasteiger charge is 2.24. The topological polar surface area (TPSA) is 86.3 Å². The molecule has 3 rings (SSSR count). The first kappa shape index (κ1) is 16.9. The van der Waals surface area contributed by atoms with Gasteiger partial charge in [0.05, 0.1) is 21.2 Å². The molecule has 128 valence electrons. The molecular weight excluding hydrogens is 361 g/mol. The number of nitrogens with zero attached hydrogens (tertiary/aromatic N) is 1. The van der Waals surface area contributed by atoms with Crippen LogP contribution in [-0.4, -0.2) is 19.2 Å². The summed E-state index contributed by atoms with van der Waals surface area (Å²) in [5, 5.41) is -0.325.